The van der Waals surface area contributed by atoms with Gasteiger partial charge in [-0.1, -0.05) is 176 Å². The quantitative estimate of drug-likeness (QED) is 0.161. The van der Waals surface area contributed by atoms with Gasteiger partial charge < -0.3 is 4.90 Å². The van der Waals surface area contributed by atoms with Crippen molar-refractivity contribution in [1.29, 1.82) is 0 Å². The molecule has 0 atom stereocenters. The van der Waals surface area contributed by atoms with E-state index in [1.165, 1.54) is 103 Å². The van der Waals surface area contributed by atoms with Crippen molar-refractivity contribution in [2.24, 2.45) is 0 Å². The van der Waals surface area contributed by atoms with Gasteiger partial charge >= 0.3 is 0 Å². The zero-order valence-electron chi connectivity index (χ0n) is 32.1. The fourth-order valence-electron chi connectivity index (χ4n) is 10.6. The Morgan fingerprint density at radius 1 is 0.356 bits per heavy atom. The Morgan fingerprint density at radius 3 is 1.71 bits per heavy atom. The molecule has 0 amide bonds. The maximum absolute atomic E-state index is 2.50. The molecule has 10 aromatic carbocycles. The molecule has 0 bridgehead atoms. The Labute approximate surface area is 346 Å². The predicted octanol–water partition coefficient (Wildman–Crippen LogP) is 15.8. The molecule has 0 N–H and O–H groups in total. The van der Waals surface area contributed by atoms with Crippen molar-refractivity contribution in [1.82, 2.24) is 0 Å². The monoisotopic (exact) mass is 765 g/mol. The number of nitrogens with zero attached hydrogens (tertiary/aromatic N) is 1. The van der Waals surface area contributed by atoms with Gasteiger partial charge in [0.15, 0.2) is 0 Å². The Balaban J connectivity index is 1.06. The molecule has 2 aliphatic rings. The van der Waals surface area contributed by atoms with Crippen LogP contribution < -0.4 is 4.90 Å². The van der Waals surface area contributed by atoms with E-state index in [9.17, 15) is 0 Å². The molecular formula is C57H35NS. The van der Waals surface area contributed by atoms with E-state index in [1.54, 1.807) is 0 Å². The average molecular weight is 766 g/mol. The summed E-state index contributed by atoms with van der Waals surface area (Å²) in [6.45, 7) is 0. The second kappa shape index (κ2) is 12.4. The summed E-state index contributed by atoms with van der Waals surface area (Å²) < 4.78 is 2.66. The lowest BCUT2D eigenvalue weighted by Gasteiger charge is -2.32. The fraction of sp³-hybridized carbons (Fsp3) is 0.0175. The molecule has 0 saturated carbocycles. The van der Waals surface area contributed by atoms with Crippen LogP contribution >= 0.6 is 11.3 Å². The van der Waals surface area contributed by atoms with Gasteiger partial charge in [0.2, 0.25) is 0 Å². The summed E-state index contributed by atoms with van der Waals surface area (Å²) in [5, 5.41) is 7.67. The van der Waals surface area contributed by atoms with Crippen LogP contribution in [-0.4, -0.2) is 0 Å². The number of thiophene rings is 1. The second-order valence-electron chi connectivity index (χ2n) is 15.9. The molecule has 2 heteroatoms. The van der Waals surface area contributed by atoms with E-state index in [1.807, 2.05) is 11.3 Å². The summed E-state index contributed by atoms with van der Waals surface area (Å²) in [6.07, 6.45) is 0. The summed E-state index contributed by atoms with van der Waals surface area (Å²) in [5.74, 6) is 0. The van der Waals surface area contributed by atoms with Gasteiger partial charge in [-0.15, -0.1) is 11.3 Å². The van der Waals surface area contributed by atoms with Crippen molar-refractivity contribution in [3.8, 4) is 33.4 Å². The Kier molecular flexibility index (Phi) is 6.87. The van der Waals surface area contributed by atoms with Crippen molar-refractivity contribution in [2.45, 2.75) is 5.41 Å². The molecule has 274 valence electrons. The Hall–Kier alpha value is -7.26. The van der Waals surface area contributed by atoms with Crippen LogP contribution in [0.3, 0.4) is 0 Å². The van der Waals surface area contributed by atoms with Crippen LogP contribution in [0.4, 0.5) is 17.1 Å². The molecule has 2 aliphatic carbocycles. The number of hydrogen-bond acceptors (Lipinski definition) is 2. The van der Waals surface area contributed by atoms with Crippen molar-refractivity contribution < 1.29 is 0 Å². The van der Waals surface area contributed by atoms with Gasteiger partial charge in [0.1, 0.15) is 0 Å². The number of anilines is 3. The van der Waals surface area contributed by atoms with E-state index >= 15 is 0 Å². The minimum Gasteiger partial charge on any atom is -0.310 e. The third-order valence-corrected chi connectivity index (χ3v) is 14.3. The topological polar surface area (TPSA) is 3.24 Å². The van der Waals surface area contributed by atoms with Crippen LogP contribution in [0.15, 0.2) is 212 Å². The molecule has 59 heavy (non-hydrogen) atoms. The zero-order chi connectivity index (χ0) is 38.7. The Bertz CT molecular complexity index is 3470. The molecule has 1 aromatic heterocycles. The molecule has 0 saturated heterocycles. The standard InChI is InChI=1S/C57H35NS/c1-2-14-41-36(13-1)27-28-38-35-40(33-34-42(38)41)58(39-31-29-37(30-32-39)43-19-11-20-47-46-17-6-10-26-54(46)59-56(43)47)53-25-12-24-52-55(53)48-18-5-9-23-51(48)57(52)49-21-7-3-15-44(49)45-16-4-8-22-50(45)57/h1-35H. The lowest BCUT2D eigenvalue weighted by atomic mass is 9.70. The third kappa shape index (κ3) is 4.50. The molecular weight excluding hydrogens is 731 g/mol. The number of hydrogen-bond donors (Lipinski definition) is 0. The summed E-state index contributed by atoms with van der Waals surface area (Å²) >= 11 is 1.89. The first-order valence-corrected chi connectivity index (χ1v) is 21.2. The van der Waals surface area contributed by atoms with Crippen molar-refractivity contribution >= 4 is 70.1 Å². The van der Waals surface area contributed by atoms with Gasteiger partial charge in [-0.3, -0.25) is 0 Å². The largest absolute Gasteiger partial charge is 0.310 e. The summed E-state index contributed by atoms with van der Waals surface area (Å²) in [6, 6.07) is 79.3. The van der Waals surface area contributed by atoms with E-state index in [-0.39, 0.29) is 0 Å². The first kappa shape index (κ1) is 32.8. The minimum atomic E-state index is -0.421. The number of fused-ring (bicyclic) bond motifs is 16. The maximum atomic E-state index is 2.50. The predicted molar refractivity (Wildman–Crippen MR) is 251 cm³/mol. The molecule has 1 heterocycles. The minimum absolute atomic E-state index is 0.421. The van der Waals surface area contributed by atoms with E-state index < -0.39 is 5.41 Å². The molecule has 1 nitrogen and oxygen atoms in total. The smallest absolute Gasteiger partial charge is 0.0726 e. The second-order valence-corrected chi connectivity index (χ2v) is 17.0. The molecule has 13 rings (SSSR count). The van der Waals surface area contributed by atoms with Crippen LogP contribution in [0.25, 0.3) is 75.1 Å². The van der Waals surface area contributed by atoms with Gasteiger partial charge in [0.05, 0.1) is 11.1 Å². The fourth-order valence-corrected chi connectivity index (χ4v) is 11.9. The third-order valence-electron chi connectivity index (χ3n) is 13.1. The van der Waals surface area contributed by atoms with Crippen LogP contribution in [0.1, 0.15) is 22.3 Å². The first-order valence-electron chi connectivity index (χ1n) is 20.4. The molecule has 1 spiro atoms. The van der Waals surface area contributed by atoms with Crippen molar-refractivity contribution in [3.63, 3.8) is 0 Å². The zero-order valence-corrected chi connectivity index (χ0v) is 32.9. The SMILES string of the molecule is c1ccc2c(c1)-c1ccccc1C21c2ccccc2-c2c(N(c3ccc(-c4cccc5c4sc4ccccc45)cc3)c3ccc4c(ccc5ccccc54)c3)cccc21. The molecule has 0 aliphatic heterocycles. The molecule has 0 radical (unpaired) electrons. The van der Waals surface area contributed by atoms with Crippen LogP contribution in [0.5, 0.6) is 0 Å². The highest BCUT2D eigenvalue weighted by Gasteiger charge is 2.52. The van der Waals surface area contributed by atoms with Crippen LogP contribution in [0.2, 0.25) is 0 Å². The average Bonchev–Trinajstić information content (AvgIpc) is 3.94. The molecule has 0 unspecified atom stereocenters. The van der Waals surface area contributed by atoms with E-state index in [2.05, 4.69) is 217 Å². The number of benzene rings is 10. The van der Waals surface area contributed by atoms with Crippen LogP contribution in [0, 0.1) is 0 Å². The highest BCUT2D eigenvalue weighted by molar-refractivity contribution is 7.26. The molecule has 11 aromatic rings. The van der Waals surface area contributed by atoms with Gasteiger partial charge in [-0.05, 0) is 108 Å². The highest BCUT2D eigenvalue weighted by atomic mass is 32.1. The Morgan fingerprint density at radius 2 is 0.915 bits per heavy atom. The molecule has 0 fully saturated rings. The lowest BCUT2D eigenvalue weighted by Crippen LogP contribution is -2.26. The van der Waals surface area contributed by atoms with E-state index in [4.69, 9.17) is 0 Å². The first-order chi connectivity index (χ1) is 29.3. The van der Waals surface area contributed by atoms with Gasteiger partial charge in [-0.2, -0.15) is 0 Å². The van der Waals surface area contributed by atoms with Gasteiger partial charge in [-0.25, -0.2) is 0 Å². The van der Waals surface area contributed by atoms with Gasteiger partial charge in [0, 0.05) is 37.1 Å². The maximum Gasteiger partial charge on any atom is 0.0726 e. The highest BCUT2D eigenvalue weighted by Crippen LogP contribution is 2.64. The van der Waals surface area contributed by atoms with Gasteiger partial charge in [0.25, 0.3) is 0 Å². The lowest BCUT2D eigenvalue weighted by molar-refractivity contribution is 0.794. The van der Waals surface area contributed by atoms with E-state index in [0.717, 1.165) is 11.4 Å². The van der Waals surface area contributed by atoms with Crippen molar-refractivity contribution in [3.05, 3.63) is 235 Å². The normalized spacial score (nSPS) is 13.2. The number of rotatable bonds is 4. The summed E-state index contributed by atoms with van der Waals surface area (Å²) in [5.41, 5.74) is 16.1. The van der Waals surface area contributed by atoms with Crippen molar-refractivity contribution in [2.75, 3.05) is 4.90 Å². The van der Waals surface area contributed by atoms with Crippen LogP contribution in [-0.2, 0) is 5.41 Å². The van der Waals surface area contributed by atoms with E-state index in [0.29, 0.717) is 0 Å². The summed E-state index contributed by atoms with van der Waals surface area (Å²) in [7, 11) is 0. The summed E-state index contributed by atoms with van der Waals surface area (Å²) in [4.78, 5) is 2.50.